The molecule has 0 aliphatic heterocycles. The molecule has 0 atom stereocenters. The number of carbonyl (C=O) groups is 1. The average molecular weight is 293 g/mol. The first kappa shape index (κ1) is 16.0. The summed E-state index contributed by atoms with van der Waals surface area (Å²) in [7, 11) is 0. The van der Waals surface area contributed by atoms with Crippen LogP contribution in [0.1, 0.15) is 65.7 Å². The summed E-state index contributed by atoms with van der Waals surface area (Å²) in [5, 5.41) is 1.10. The monoisotopic (exact) mass is 292 g/mol. The summed E-state index contributed by atoms with van der Waals surface area (Å²) < 4.78 is 5.24. The Morgan fingerprint density at radius 1 is 1.00 bits per heavy atom. The van der Waals surface area contributed by atoms with Crippen LogP contribution in [0.15, 0.2) is 0 Å². The van der Waals surface area contributed by atoms with Gasteiger partial charge in [0.2, 0.25) is 0 Å². The third-order valence-corrected chi connectivity index (χ3v) is 2.75. The number of carbonyl (C=O) groups excluding carboxylic acids is 1. The van der Waals surface area contributed by atoms with Crippen molar-refractivity contribution in [2.75, 3.05) is 5.33 Å². The summed E-state index contributed by atoms with van der Waals surface area (Å²) in [5.74, 6) is -0.0621. The van der Waals surface area contributed by atoms with Crippen molar-refractivity contribution in [3.05, 3.63) is 0 Å². The van der Waals surface area contributed by atoms with Crippen LogP contribution >= 0.6 is 15.9 Å². The largest absolute Gasteiger partial charge is 0.460 e. The van der Waals surface area contributed by atoms with Gasteiger partial charge in [-0.15, -0.1) is 0 Å². The highest BCUT2D eigenvalue weighted by Gasteiger charge is 2.15. The molecule has 0 aromatic heterocycles. The topological polar surface area (TPSA) is 26.3 Å². The number of unbranched alkanes of at least 4 members (excludes halogenated alkanes) is 5. The molecule has 16 heavy (non-hydrogen) atoms. The van der Waals surface area contributed by atoms with Gasteiger partial charge in [0, 0.05) is 11.8 Å². The fourth-order valence-corrected chi connectivity index (χ4v) is 1.86. The molecule has 0 unspecified atom stereocenters. The van der Waals surface area contributed by atoms with Gasteiger partial charge < -0.3 is 4.74 Å². The average Bonchev–Trinajstić information content (AvgIpc) is 2.13. The zero-order chi connectivity index (χ0) is 12.4. The first-order valence-corrected chi connectivity index (χ1v) is 7.35. The van der Waals surface area contributed by atoms with Crippen LogP contribution in [0.2, 0.25) is 0 Å². The Bertz CT molecular complexity index is 185. The molecule has 0 aliphatic carbocycles. The summed E-state index contributed by atoms with van der Waals surface area (Å²) in [5.41, 5.74) is -0.340. The number of halogens is 1. The van der Waals surface area contributed by atoms with Crippen molar-refractivity contribution in [1.82, 2.24) is 0 Å². The van der Waals surface area contributed by atoms with Crippen molar-refractivity contribution in [3.63, 3.8) is 0 Å². The smallest absolute Gasteiger partial charge is 0.306 e. The molecule has 0 N–H and O–H groups in total. The van der Waals surface area contributed by atoms with Gasteiger partial charge in [0.05, 0.1) is 0 Å². The van der Waals surface area contributed by atoms with E-state index in [1.54, 1.807) is 0 Å². The van der Waals surface area contributed by atoms with Crippen LogP contribution < -0.4 is 0 Å². The van der Waals surface area contributed by atoms with E-state index in [1.807, 2.05) is 20.8 Å². The van der Waals surface area contributed by atoms with E-state index in [-0.39, 0.29) is 11.6 Å². The summed E-state index contributed by atoms with van der Waals surface area (Å²) in [6, 6.07) is 0. The Labute approximate surface area is 108 Å². The Morgan fingerprint density at radius 3 is 2.00 bits per heavy atom. The third kappa shape index (κ3) is 12.0. The van der Waals surface area contributed by atoms with Crippen LogP contribution in [0.5, 0.6) is 0 Å². The number of esters is 1. The van der Waals surface area contributed by atoms with Crippen LogP contribution in [0.25, 0.3) is 0 Å². The first-order valence-electron chi connectivity index (χ1n) is 6.23. The highest BCUT2D eigenvalue weighted by Crippen LogP contribution is 2.12. The normalized spacial score (nSPS) is 11.5. The Morgan fingerprint density at radius 2 is 1.50 bits per heavy atom. The number of hydrogen-bond acceptors (Lipinski definition) is 2. The molecular weight excluding hydrogens is 268 g/mol. The molecule has 0 fully saturated rings. The lowest BCUT2D eigenvalue weighted by atomic mass is 10.1. The first-order chi connectivity index (χ1) is 7.45. The van der Waals surface area contributed by atoms with Crippen molar-refractivity contribution in [2.45, 2.75) is 71.3 Å². The van der Waals surface area contributed by atoms with Crippen LogP contribution in [0.4, 0.5) is 0 Å². The van der Waals surface area contributed by atoms with E-state index in [0.29, 0.717) is 6.42 Å². The minimum absolute atomic E-state index is 0.0621. The Kier molecular flexibility index (Phi) is 9.00. The maximum absolute atomic E-state index is 11.4. The minimum atomic E-state index is -0.340. The molecule has 2 nitrogen and oxygen atoms in total. The molecule has 96 valence electrons. The van der Waals surface area contributed by atoms with E-state index < -0.39 is 0 Å². The highest BCUT2D eigenvalue weighted by molar-refractivity contribution is 9.09. The lowest BCUT2D eigenvalue weighted by Crippen LogP contribution is -2.23. The van der Waals surface area contributed by atoms with Gasteiger partial charge in [-0.2, -0.15) is 0 Å². The number of hydrogen-bond donors (Lipinski definition) is 0. The second kappa shape index (κ2) is 9.03. The SMILES string of the molecule is CC(C)(C)OC(=O)CCCCCCCCBr. The zero-order valence-corrected chi connectivity index (χ0v) is 12.4. The maximum atomic E-state index is 11.4. The van der Waals surface area contributed by atoms with E-state index in [4.69, 9.17) is 4.74 Å². The summed E-state index contributed by atoms with van der Waals surface area (Å²) in [6.45, 7) is 5.72. The van der Waals surface area contributed by atoms with Gasteiger partial charge in [0.1, 0.15) is 5.60 Å². The summed E-state index contributed by atoms with van der Waals surface area (Å²) in [4.78, 5) is 11.4. The molecule has 0 saturated carbocycles. The van der Waals surface area contributed by atoms with Crippen molar-refractivity contribution < 1.29 is 9.53 Å². The molecule has 0 amide bonds. The molecule has 0 rings (SSSR count). The fourth-order valence-electron chi connectivity index (χ4n) is 1.46. The lowest BCUT2D eigenvalue weighted by molar-refractivity contribution is -0.154. The predicted molar refractivity (Wildman–Crippen MR) is 72.0 cm³/mol. The van der Waals surface area contributed by atoms with Crippen molar-refractivity contribution in [3.8, 4) is 0 Å². The van der Waals surface area contributed by atoms with Gasteiger partial charge in [-0.25, -0.2) is 0 Å². The zero-order valence-electron chi connectivity index (χ0n) is 10.9. The van der Waals surface area contributed by atoms with Gasteiger partial charge in [-0.1, -0.05) is 41.6 Å². The minimum Gasteiger partial charge on any atom is -0.460 e. The molecule has 0 heterocycles. The molecule has 3 heteroatoms. The Hall–Kier alpha value is -0.0500. The van der Waals surface area contributed by atoms with Crippen LogP contribution in [-0.2, 0) is 9.53 Å². The Balaban J connectivity index is 3.28. The third-order valence-electron chi connectivity index (χ3n) is 2.18. The van der Waals surface area contributed by atoms with Gasteiger partial charge in [-0.05, 0) is 33.6 Å². The molecule has 0 spiro atoms. The van der Waals surface area contributed by atoms with Gasteiger partial charge in [0.25, 0.3) is 0 Å². The quantitative estimate of drug-likeness (QED) is 0.375. The molecule has 0 bridgehead atoms. The number of alkyl halides is 1. The van der Waals surface area contributed by atoms with Crippen LogP contribution in [0, 0.1) is 0 Å². The van der Waals surface area contributed by atoms with E-state index in [2.05, 4.69) is 15.9 Å². The second-order valence-corrected chi connectivity index (χ2v) is 5.94. The molecule has 0 aromatic carbocycles. The molecule has 0 aliphatic rings. The van der Waals surface area contributed by atoms with E-state index in [1.165, 1.54) is 25.7 Å². The van der Waals surface area contributed by atoms with E-state index in [0.717, 1.165) is 18.2 Å². The molecule has 0 aromatic rings. The number of ether oxygens (including phenoxy) is 1. The highest BCUT2D eigenvalue weighted by atomic mass is 79.9. The van der Waals surface area contributed by atoms with Crippen LogP contribution in [0.3, 0.4) is 0 Å². The van der Waals surface area contributed by atoms with Crippen molar-refractivity contribution in [1.29, 1.82) is 0 Å². The molecular formula is C13H25BrO2. The summed E-state index contributed by atoms with van der Waals surface area (Å²) >= 11 is 3.42. The standard InChI is InChI=1S/C13H25BrO2/c1-13(2,3)16-12(15)10-8-6-4-5-7-9-11-14/h4-11H2,1-3H3. The van der Waals surface area contributed by atoms with Gasteiger partial charge in [-0.3, -0.25) is 4.79 Å². The number of rotatable bonds is 8. The van der Waals surface area contributed by atoms with Crippen LogP contribution in [-0.4, -0.2) is 16.9 Å². The van der Waals surface area contributed by atoms with Crippen molar-refractivity contribution in [2.24, 2.45) is 0 Å². The molecule has 0 saturated heterocycles. The lowest BCUT2D eigenvalue weighted by Gasteiger charge is -2.19. The second-order valence-electron chi connectivity index (χ2n) is 5.15. The fraction of sp³-hybridized carbons (Fsp3) is 0.923. The summed E-state index contributed by atoms with van der Waals surface area (Å²) in [6.07, 6.45) is 7.72. The van der Waals surface area contributed by atoms with E-state index in [9.17, 15) is 4.79 Å². The van der Waals surface area contributed by atoms with Crippen molar-refractivity contribution >= 4 is 21.9 Å². The maximum Gasteiger partial charge on any atom is 0.306 e. The van der Waals surface area contributed by atoms with E-state index >= 15 is 0 Å². The molecule has 0 radical (unpaired) electrons. The van der Waals surface area contributed by atoms with Gasteiger partial charge in [0.15, 0.2) is 0 Å². The predicted octanol–water partition coefficient (Wildman–Crippen LogP) is 4.45. The van der Waals surface area contributed by atoms with Gasteiger partial charge >= 0.3 is 5.97 Å².